The lowest BCUT2D eigenvalue weighted by molar-refractivity contribution is -0.178. The van der Waals surface area contributed by atoms with Crippen LogP contribution >= 0.6 is 0 Å². The van der Waals surface area contributed by atoms with Gasteiger partial charge in [0.05, 0.1) is 0 Å². The zero-order valence-corrected chi connectivity index (χ0v) is 3.85. The van der Waals surface area contributed by atoms with Crippen LogP contribution in [0.5, 0.6) is 0 Å². The lowest BCUT2D eigenvalue weighted by atomic mass is 10.4. The molecule has 0 N–H and O–H groups in total. The van der Waals surface area contributed by atoms with Crippen molar-refractivity contribution < 1.29 is 26.3 Å². The van der Waals surface area contributed by atoms with Gasteiger partial charge in [0.15, 0.2) is 6.42 Å². The molecule has 55 valence electrons. The first kappa shape index (κ1) is 8.58. The summed E-state index contributed by atoms with van der Waals surface area (Å²) in [6, 6.07) is 0. The van der Waals surface area contributed by atoms with Gasteiger partial charge in [-0.1, -0.05) is 0 Å². The Hall–Kier alpha value is -0.420. The molecule has 0 amide bonds. The first-order chi connectivity index (χ1) is 3.71. The minimum Gasteiger partial charge on any atom is -0.170 e. The standard InChI is InChI=1S/C3HF6/c4-2(5,6)1-3(7,8)9/h1H. The highest BCUT2D eigenvalue weighted by Gasteiger charge is 2.44. The molecule has 0 bridgehead atoms. The van der Waals surface area contributed by atoms with Crippen LogP contribution in [0.4, 0.5) is 26.3 Å². The van der Waals surface area contributed by atoms with Crippen molar-refractivity contribution >= 4 is 0 Å². The molecule has 0 fully saturated rings. The molecule has 1 radical (unpaired) electrons. The van der Waals surface area contributed by atoms with Crippen molar-refractivity contribution in [2.75, 3.05) is 0 Å². The SMILES string of the molecule is FC(F)(F)[CH]C(F)(F)F. The quantitative estimate of drug-likeness (QED) is 0.466. The number of rotatable bonds is 0. The lowest BCUT2D eigenvalue weighted by Crippen LogP contribution is -2.21. The van der Waals surface area contributed by atoms with Gasteiger partial charge < -0.3 is 0 Å². The fraction of sp³-hybridized carbons (Fsp3) is 0.667. The fourth-order valence-corrected chi connectivity index (χ4v) is 0.186. The monoisotopic (exact) mass is 151 g/mol. The second kappa shape index (κ2) is 2.07. The predicted octanol–water partition coefficient (Wildman–Crippen LogP) is 2.32. The van der Waals surface area contributed by atoms with Gasteiger partial charge in [0, 0.05) is 0 Å². The highest BCUT2D eigenvalue weighted by Crippen LogP contribution is 2.30. The summed E-state index contributed by atoms with van der Waals surface area (Å²) in [5.41, 5.74) is 0. The number of alkyl halides is 6. The Morgan fingerprint density at radius 2 is 0.889 bits per heavy atom. The minimum absolute atomic E-state index is 1.62. The molecule has 0 aliphatic rings. The predicted molar refractivity (Wildman–Crippen MR) is 16.4 cm³/mol. The van der Waals surface area contributed by atoms with E-state index < -0.39 is 18.8 Å². The van der Waals surface area contributed by atoms with E-state index in [2.05, 4.69) is 0 Å². The van der Waals surface area contributed by atoms with Crippen molar-refractivity contribution in [2.24, 2.45) is 0 Å². The van der Waals surface area contributed by atoms with E-state index in [-0.39, 0.29) is 0 Å². The third kappa shape index (κ3) is 7.58. The minimum atomic E-state index is -5.27. The second-order valence-electron chi connectivity index (χ2n) is 1.23. The molecule has 0 aromatic rings. The molecule has 0 saturated carbocycles. The summed E-state index contributed by atoms with van der Waals surface area (Å²) in [4.78, 5) is 0. The van der Waals surface area contributed by atoms with E-state index in [0.29, 0.717) is 0 Å². The van der Waals surface area contributed by atoms with Crippen LogP contribution in [0.1, 0.15) is 0 Å². The van der Waals surface area contributed by atoms with E-state index in [1.165, 1.54) is 0 Å². The molecule has 0 aliphatic carbocycles. The molecule has 6 heteroatoms. The van der Waals surface area contributed by atoms with Gasteiger partial charge in [-0.05, 0) is 0 Å². The average Bonchev–Trinajstić information content (AvgIpc) is 1.14. The zero-order chi connectivity index (χ0) is 7.71. The molecule has 0 aromatic carbocycles. The molecule has 0 aliphatic heterocycles. The van der Waals surface area contributed by atoms with Gasteiger partial charge >= 0.3 is 12.4 Å². The summed E-state index contributed by atoms with van der Waals surface area (Å²) < 4.78 is 64.7. The van der Waals surface area contributed by atoms with E-state index in [1.807, 2.05) is 0 Å². The molecule has 0 spiro atoms. The van der Waals surface area contributed by atoms with Crippen LogP contribution in [0.3, 0.4) is 0 Å². The Balaban J connectivity index is 3.75. The number of halogens is 6. The largest absolute Gasteiger partial charge is 0.401 e. The molecule has 0 aromatic heterocycles. The van der Waals surface area contributed by atoms with Crippen LogP contribution in [0, 0.1) is 6.42 Å². The Morgan fingerprint density at radius 1 is 0.667 bits per heavy atom. The van der Waals surface area contributed by atoms with E-state index in [1.54, 1.807) is 0 Å². The molecular weight excluding hydrogens is 150 g/mol. The Labute approximate surface area is 46.5 Å². The number of hydrogen-bond acceptors (Lipinski definition) is 0. The Morgan fingerprint density at radius 3 is 0.889 bits per heavy atom. The zero-order valence-electron chi connectivity index (χ0n) is 3.85. The molecule has 0 saturated heterocycles. The summed E-state index contributed by atoms with van der Waals surface area (Å²) in [5.74, 6) is 0. The van der Waals surface area contributed by atoms with Crippen LogP contribution in [0.25, 0.3) is 0 Å². The summed E-state index contributed by atoms with van der Waals surface area (Å²) in [6.45, 7) is 0. The summed E-state index contributed by atoms with van der Waals surface area (Å²) >= 11 is 0. The van der Waals surface area contributed by atoms with Crippen LogP contribution in [0.2, 0.25) is 0 Å². The summed E-state index contributed by atoms with van der Waals surface area (Å²) in [6.07, 6.45) is -12.2. The summed E-state index contributed by atoms with van der Waals surface area (Å²) in [7, 11) is 0. The fourth-order valence-electron chi connectivity index (χ4n) is 0.186. The number of hydrogen-bond donors (Lipinski definition) is 0. The maximum absolute atomic E-state index is 10.8. The van der Waals surface area contributed by atoms with Crippen molar-refractivity contribution in [1.29, 1.82) is 0 Å². The Kier molecular flexibility index (Phi) is 1.98. The van der Waals surface area contributed by atoms with Crippen LogP contribution in [-0.4, -0.2) is 12.4 Å². The van der Waals surface area contributed by atoms with Gasteiger partial charge in [0.25, 0.3) is 0 Å². The lowest BCUT2D eigenvalue weighted by Gasteiger charge is -2.07. The van der Waals surface area contributed by atoms with E-state index in [0.717, 1.165) is 0 Å². The van der Waals surface area contributed by atoms with Gasteiger partial charge in [-0.2, -0.15) is 26.3 Å². The molecule has 0 nitrogen and oxygen atoms in total. The van der Waals surface area contributed by atoms with Crippen molar-refractivity contribution in [2.45, 2.75) is 12.4 Å². The molecule has 0 unspecified atom stereocenters. The van der Waals surface area contributed by atoms with Gasteiger partial charge in [-0.15, -0.1) is 0 Å². The third-order valence-electron chi connectivity index (χ3n) is 0.327. The maximum atomic E-state index is 10.8. The molecule has 0 rings (SSSR count). The topological polar surface area (TPSA) is 0 Å². The first-order valence-electron chi connectivity index (χ1n) is 1.71. The summed E-state index contributed by atoms with van der Waals surface area (Å²) in [5, 5.41) is 0. The molecule has 0 heterocycles. The normalized spacial score (nSPS) is 14.0. The maximum Gasteiger partial charge on any atom is 0.401 e. The van der Waals surface area contributed by atoms with Gasteiger partial charge in [-0.3, -0.25) is 0 Å². The average molecular weight is 151 g/mol. The molecule has 9 heavy (non-hydrogen) atoms. The van der Waals surface area contributed by atoms with E-state index in [4.69, 9.17) is 0 Å². The van der Waals surface area contributed by atoms with Crippen molar-refractivity contribution in [3.63, 3.8) is 0 Å². The van der Waals surface area contributed by atoms with Crippen LogP contribution in [0.15, 0.2) is 0 Å². The highest BCUT2D eigenvalue weighted by atomic mass is 19.4. The van der Waals surface area contributed by atoms with Crippen LogP contribution < -0.4 is 0 Å². The third-order valence-corrected chi connectivity index (χ3v) is 0.327. The van der Waals surface area contributed by atoms with Crippen molar-refractivity contribution in [3.8, 4) is 0 Å². The molecule has 0 atom stereocenters. The van der Waals surface area contributed by atoms with Gasteiger partial charge in [0.2, 0.25) is 0 Å². The van der Waals surface area contributed by atoms with E-state index in [9.17, 15) is 26.3 Å². The van der Waals surface area contributed by atoms with Gasteiger partial charge in [0.1, 0.15) is 0 Å². The highest BCUT2D eigenvalue weighted by molar-refractivity contribution is 4.82. The van der Waals surface area contributed by atoms with Gasteiger partial charge in [-0.25, -0.2) is 0 Å². The second-order valence-corrected chi connectivity index (χ2v) is 1.23. The van der Waals surface area contributed by atoms with Crippen molar-refractivity contribution in [1.82, 2.24) is 0 Å². The first-order valence-corrected chi connectivity index (χ1v) is 1.71. The Bertz CT molecular complexity index is 73.5. The smallest absolute Gasteiger partial charge is 0.170 e. The van der Waals surface area contributed by atoms with E-state index >= 15 is 0 Å². The molecular formula is C3HF6. The van der Waals surface area contributed by atoms with Crippen molar-refractivity contribution in [3.05, 3.63) is 6.42 Å². The van der Waals surface area contributed by atoms with Crippen LogP contribution in [-0.2, 0) is 0 Å².